The van der Waals surface area contributed by atoms with E-state index in [1.807, 2.05) is 25.1 Å². The zero-order valence-electron chi connectivity index (χ0n) is 14.8. The maximum atomic E-state index is 12.6. The molecular weight excluding hydrogens is 331 g/mol. The van der Waals surface area contributed by atoms with Gasteiger partial charge in [-0.05, 0) is 36.8 Å². The second-order valence-electron chi connectivity index (χ2n) is 6.19. The molecule has 0 aromatic heterocycles. The Morgan fingerprint density at radius 2 is 1.76 bits per heavy atom. The van der Waals surface area contributed by atoms with Gasteiger partial charge in [0.1, 0.15) is 0 Å². The van der Waals surface area contributed by atoms with Crippen LogP contribution in [0.1, 0.15) is 37.8 Å². The van der Waals surface area contributed by atoms with Gasteiger partial charge in [0.15, 0.2) is 12.4 Å². The van der Waals surface area contributed by atoms with Crippen molar-refractivity contribution in [3.05, 3.63) is 46.8 Å². The highest BCUT2D eigenvalue weighted by molar-refractivity contribution is 6.00. The minimum absolute atomic E-state index is 0.129. The van der Waals surface area contributed by atoms with Crippen molar-refractivity contribution in [2.24, 2.45) is 0 Å². The summed E-state index contributed by atoms with van der Waals surface area (Å²) in [7, 11) is 1.75. The molecule has 0 saturated heterocycles. The molecule has 6 heteroatoms. The van der Waals surface area contributed by atoms with Gasteiger partial charge in [-0.1, -0.05) is 38.1 Å². The molecule has 0 bridgehead atoms. The molecule has 0 saturated carbocycles. The number of aryl methyl sites for hydroxylation is 2. The first-order chi connectivity index (χ1) is 11.8. The summed E-state index contributed by atoms with van der Waals surface area (Å²) in [6, 6.07) is 7.57. The minimum atomic E-state index is -4.46. The zero-order chi connectivity index (χ0) is 18.6. The number of ketones is 1. The van der Waals surface area contributed by atoms with Gasteiger partial charge in [0, 0.05) is 7.05 Å². The maximum absolute atomic E-state index is 12.6. The second-order valence-corrected chi connectivity index (χ2v) is 6.19. The number of carbonyl (C=O) groups excluding carboxylic acids is 1. The molecule has 25 heavy (non-hydrogen) atoms. The van der Waals surface area contributed by atoms with Gasteiger partial charge >= 0.3 is 6.18 Å². The van der Waals surface area contributed by atoms with Crippen molar-refractivity contribution in [1.82, 2.24) is 4.90 Å². The van der Waals surface area contributed by atoms with E-state index in [-0.39, 0.29) is 11.5 Å². The van der Waals surface area contributed by atoms with Crippen molar-refractivity contribution in [2.75, 3.05) is 13.7 Å². The van der Waals surface area contributed by atoms with Crippen LogP contribution in [-0.2, 0) is 22.4 Å². The SMILES string of the molecule is CCC1=C(OCC(F)(F)F)C(=O)C(CCc2ccccc2CC)N1C. The fourth-order valence-corrected chi connectivity index (χ4v) is 3.30. The molecule has 0 aliphatic carbocycles. The van der Waals surface area contributed by atoms with E-state index >= 15 is 0 Å². The predicted molar refractivity (Wildman–Crippen MR) is 90.0 cm³/mol. The standard InChI is InChI=1S/C19H24F3NO2/c1-4-13-8-6-7-9-14(13)10-11-16-17(24)18(15(5-2)23(16)3)25-12-19(20,21)22/h6-9,16H,4-5,10-12H2,1-3H3. The molecule has 1 unspecified atom stereocenters. The van der Waals surface area contributed by atoms with Crippen LogP contribution in [-0.4, -0.2) is 36.6 Å². The van der Waals surface area contributed by atoms with Crippen LogP contribution in [0.25, 0.3) is 0 Å². The van der Waals surface area contributed by atoms with Crippen molar-refractivity contribution in [1.29, 1.82) is 0 Å². The Bertz CT molecular complexity index is 652. The molecule has 1 aliphatic rings. The number of carbonyl (C=O) groups is 1. The van der Waals surface area contributed by atoms with Gasteiger partial charge < -0.3 is 9.64 Å². The van der Waals surface area contributed by atoms with Crippen LogP contribution in [0.5, 0.6) is 0 Å². The third-order valence-corrected chi connectivity index (χ3v) is 4.58. The van der Waals surface area contributed by atoms with Gasteiger partial charge in [0.2, 0.25) is 5.78 Å². The Hall–Kier alpha value is -1.98. The van der Waals surface area contributed by atoms with Crippen LogP contribution >= 0.6 is 0 Å². The normalized spacial score (nSPS) is 18.2. The first-order valence-electron chi connectivity index (χ1n) is 8.55. The van der Waals surface area contributed by atoms with Crippen LogP contribution in [0.15, 0.2) is 35.7 Å². The van der Waals surface area contributed by atoms with Crippen LogP contribution in [0.4, 0.5) is 13.2 Å². The zero-order valence-corrected chi connectivity index (χ0v) is 14.8. The summed E-state index contributed by atoms with van der Waals surface area (Å²) in [5, 5.41) is 0. The van der Waals surface area contributed by atoms with Crippen molar-refractivity contribution >= 4 is 5.78 Å². The van der Waals surface area contributed by atoms with Gasteiger partial charge in [-0.15, -0.1) is 0 Å². The minimum Gasteiger partial charge on any atom is -0.478 e. The molecule has 1 aliphatic heterocycles. The first kappa shape index (κ1) is 19.3. The maximum Gasteiger partial charge on any atom is 0.422 e. The number of likely N-dealkylation sites (N-methyl/N-ethyl adjacent to an activating group) is 1. The quantitative estimate of drug-likeness (QED) is 0.732. The Balaban J connectivity index is 2.09. The fraction of sp³-hybridized carbons (Fsp3) is 0.526. The van der Waals surface area contributed by atoms with Gasteiger partial charge in [-0.2, -0.15) is 13.2 Å². The molecule has 0 fully saturated rings. The Morgan fingerprint density at radius 1 is 1.12 bits per heavy atom. The number of allylic oxidation sites excluding steroid dienone is 1. The van der Waals surface area contributed by atoms with E-state index in [2.05, 4.69) is 13.0 Å². The van der Waals surface area contributed by atoms with Crippen LogP contribution in [0.2, 0.25) is 0 Å². The highest BCUT2D eigenvalue weighted by atomic mass is 19.4. The van der Waals surface area contributed by atoms with E-state index < -0.39 is 18.8 Å². The number of nitrogens with zero attached hydrogens (tertiary/aromatic N) is 1. The van der Waals surface area contributed by atoms with Crippen LogP contribution in [0, 0.1) is 0 Å². The van der Waals surface area contributed by atoms with E-state index in [0.717, 1.165) is 6.42 Å². The molecule has 1 aromatic rings. The predicted octanol–water partition coefficient (Wildman–Crippen LogP) is 4.27. The summed E-state index contributed by atoms with van der Waals surface area (Å²) in [5.41, 5.74) is 2.95. The van der Waals surface area contributed by atoms with E-state index in [9.17, 15) is 18.0 Å². The number of halogens is 3. The van der Waals surface area contributed by atoms with Crippen LogP contribution < -0.4 is 0 Å². The topological polar surface area (TPSA) is 29.5 Å². The lowest BCUT2D eigenvalue weighted by Crippen LogP contribution is -2.32. The lowest BCUT2D eigenvalue weighted by Gasteiger charge is -2.23. The van der Waals surface area contributed by atoms with Crippen molar-refractivity contribution < 1.29 is 22.7 Å². The summed E-state index contributed by atoms with van der Waals surface area (Å²) >= 11 is 0. The highest BCUT2D eigenvalue weighted by Gasteiger charge is 2.40. The third kappa shape index (κ3) is 4.55. The summed E-state index contributed by atoms with van der Waals surface area (Å²) in [6.45, 7) is 2.45. The largest absolute Gasteiger partial charge is 0.478 e. The summed E-state index contributed by atoms with van der Waals surface area (Å²) in [5.74, 6) is -0.478. The number of alkyl halides is 3. The second kappa shape index (κ2) is 7.93. The van der Waals surface area contributed by atoms with Crippen LogP contribution in [0.3, 0.4) is 0 Å². The molecule has 1 heterocycles. The smallest absolute Gasteiger partial charge is 0.422 e. The van der Waals surface area contributed by atoms with E-state index in [4.69, 9.17) is 4.74 Å². The van der Waals surface area contributed by atoms with Gasteiger partial charge in [-0.25, -0.2) is 0 Å². The fourth-order valence-electron chi connectivity index (χ4n) is 3.30. The van der Waals surface area contributed by atoms with Gasteiger partial charge in [-0.3, -0.25) is 4.79 Å². The number of ether oxygens (including phenoxy) is 1. The van der Waals surface area contributed by atoms with Crippen molar-refractivity contribution in [2.45, 2.75) is 51.7 Å². The van der Waals surface area contributed by atoms with Crippen molar-refractivity contribution in [3.63, 3.8) is 0 Å². The van der Waals surface area contributed by atoms with Crippen molar-refractivity contribution in [3.8, 4) is 0 Å². The average Bonchev–Trinajstić information content (AvgIpc) is 2.80. The molecule has 0 radical (unpaired) electrons. The number of hydrogen-bond acceptors (Lipinski definition) is 3. The molecule has 0 N–H and O–H groups in total. The van der Waals surface area contributed by atoms with E-state index in [1.165, 1.54) is 11.1 Å². The Labute approximate surface area is 146 Å². The Morgan fingerprint density at radius 3 is 2.32 bits per heavy atom. The van der Waals surface area contributed by atoms with E-state index in [0.29, 0.717) is 25.0 Å². The van der Waals surface area contributed by atoms with Gasteiger partial charge in [0.05, 0.1) is 11.7 Å². The third-order valence-electron chi connectivity index (χ3n) is 4.58. The summed E-state index contributed by atoms with van der Waals surface area (Å²) in [6.07, 6.45) is -1.84. The van der Waals surface area contributed by atoms with Gasteiger partial charge in [0.25, 0.3) is 0 Å². The number of hydrogen-bond donors (Lipinski definition) is 0. The molecule has 0 amide bonds. The monoisotopic (exact) mass is 355 g/mol. The highest BCUT2D eigenvalue weighted by Crippen LogP contribution is 2.31. The molecule has 1 aromatic carbocycles. The summed E-state index contributed by atoms with van der Waals surface area (Å²) < 4.78 is 42.2. The molecule has 138 valence electrons. The number of Topliss-reactive ketones (excluding diaryl/α,β-unsaturated/α-hetero) is 1. The van der Waals surface area contributed by atoms with E-state index in [1.54, 1.807) is 11.9 Å². The Kier molecular flexibility index (Phi) is 6.14. The molecule has 3 nitrogen and oxygen atoms in total. The molecule has 2 rings (SSSR count). The number of rotatable bonds is 7. The lowest BCUT2D eigenvalue weighted by atomic mass is 9.97. The summed E-state index contributed by atoms with van der Waals surface area (Å²) in [4.78, 5) is 14.4. The molecular formula is C19H24F3NO2. The number of benzene rings is 1. The first-order valence-corrected chi connectivity index (χ1v) is 8.55. The lowest BCUT2D eigenvalue weighted by molar-refractivity contribution is -0.166. The average molecular weight is 355 g/mol. The molecule has 0 spiro atoms. The molecule has 1 atom stereocenters.